The van der Waals surface area contributed by atoms with Crippen LogP contribution < -0.4 is 0 Å². The summed E-state index contributed by atoms with van der Waals surface area (Å²) in [5.74, 6) is -0.0893. The Morgan fingerprint density at radius 3 is 2.38 bits per heavy atom. The Kier molecular flexibility index (Phi) is 2.99. The summed E-state index contributed by atoms with van der Waals surface area (Å²) in [6.45, 7) is 4.22. The summed E-state index contributed by atoms with van der Waals surface area (Å²) in [7, 11) is 0. The van der Waals surface area contributed by atoms with Gasteiger partial charge in [0.1, 0.15) is 0 Å². The van der Waals surface area contributed by atoms with Crippen LogP contribution in [0.5, 0.6) is 0 Å². The number of alkyl halides is 1. The molecule has 2 rings (SSSR count). The van der Waals surface area contributed by atoms with E-state index in [0.29, 0.717) is 6.42 Å². The van der Waals surface area contributed by atoms with Crippen molar-refractivity contribution in [2.45, 2.75) is 35.7 Å². The van der Waals surface area contributed by atoms with Gasteiger partial charge in [0.05, 0.1) is 3.42 Å². The number of carbonyl (C=O) groups excluding carboxylic acids is 1. The molecule has 0 aromatic heterocycles. The van der Waals surface area contributed by atoms with E-state index >= 15 is 0 Å². The Labute approximate surface area is 110 Å². The molecular formula is C13H15IO2. The molecule has 1 aromatic rings. The van der Waals surface area contributed by atoms with Crippen molar-refractivity contribution in [3.05, 3.63) is 35.9 Å². The van der Waals surface area contributed by atoms with E-state index in [-0.39, 0.29) is 9.39 Å². The van der Waals surface area contributed by atoms with Crippen LogP contribution in [0.1, 0.15) is 32.3 Å². The summed E-state index contributed by atoms with van der Waals surface area (Å²) in [6.07, 6.45) is 1.28. The van der Waals surface area contributed by atoms with Gasteiger partial charge in [0.2, 0.25) is 0 Å². The van der Waals surface area contributed by atoms with Crippen molar-refractivity contribution in [1.29, 1.82) is 0 Å². The summed E-state index contributed by atoms with van der Waals surface area (Å²) in [5.41, 5.74) is 0.631. The molecule has 2 nitrogen and oxygen atoms in total. The highest BCUT2D eigenvalue weighted by Gasteiger charge is 2.51. The second kappa shape index (κ2) is 4.02. The quantitative estimate of drug-likeness (QED) is 0.472. The van der Waals surface area contributed by atoms with E-state index in [0.717, 1.165) is 12.0 Å². The topological polar surface area (TPSA) is 26.3 Å². The molecule has 1 aromatic carbocycles. The van der Waals surface area contributed by atoms with Gasteiger partial charge in [0, 0.05) is 12.8 Å². The van der Waals surface area contributed by atoms with Crippen molar-refractivity contribution in [2.75, 3.05) is 0 Å². The van der Waals surface area contributed by atoms with Crippen LogP contribution in [0.4, 0.5) is 0 Å². The molecule has 1 fully saturated rings. The lowest BCUT2D eigenvalue weighted by Gasteiger charge is -2.39. The Morgan fingerprint density at radius 1 is 1.31 bits per heavy atom. The van der Waals surface area contributed by atoms with Crippen molar-refractivity contribution in [2.24, 2.45) is 0 Å². The first-order chi connectivity index (χ1) is 7.46. The largest absolute Gasteiger partial charge is 0.453 e. The van der Waals surface area contributed by atoms with Crippen molar-refractivity contribution in [1.82, 2.24) is 0 Å². The van der Waals surface area contributed by atoms with E-state index < -0.39 is 5.60 Å². The normalized spacial score (nSPS) is 25.6. The highest BCUT2D eigenvalue weighted by molar-refractivity contribution is 14.1. The maximum atomic E-state index is 11.5. The van der Waals surface area contributed by atoms with E-state index in [2.05, 4.69) is 36.4 Å². The monoisotopic (exact) mass is 330 g/mol. The summed E-state index contributed by atoms with van der Waals surface area (Å²) in [4.78, 5) is 11.5. The van der Waals surface area contributed by atoms with Crippen LogP contribution in [0.2, 0.25) is 0 Å². The lowest BCUT2D eigenvalue weighted by Crippen LogP contribution is -2.42. The zero-order valence-corrected chi connectivity index (χ0v) is 11.7. The number of halogens is 1. The van der Waals surface area contributed by atoms with Gasteiger partial charge < -0.3 is 4.74 Å². The molecule has 86 valence electrons. The van der Waals surface area contributed by atoms with Crippen molar-refractivity contribution >= 4 is 28.6 Å². The number of rotatable bonds is 2. The average molecular weight is 330 g/mol. The van der Waals surface area contributed by atoms with Gasteiger partial charge in [-0.3, -0.25) is 4.79 Å². The summed E-state index contributed by atoms with van der Waals surface area (Å²) in [6, 6.07) is 10.0. The molecule has 1 heterocycles. The van der Waals surface area contributed by atoms with Gasteiger partial charge in [-0.05, 0) is 19.4 Å². The number of cyclic esters (lactones) is 1. The minimum Gasteiger partial charge on any atom is -0.453 e. The number of carbonyl (C=O) groups is 1. The fourth-order valence-corrected chi connectivity index (χ4v) is 2.94. The lowest BCUT2D eigenvalue weighted by molar-refractivity contribution is -0.151. The molecule has 0 unspecified atom stereocenters. The van der Waals surface area contributed by atoms with Crippen molar-refractivity contribution < 1.29 is 9.53 Å². The predicted octanol–water partition coefficient (Wildman–Crippen LogP) is 3.43. The van der Waals surface area contributed by atoms with Gasteiger partial charge in [-0.15, -0.1) is 0 Å². The van der Waals surface area contributed by atoms with E-state index in [1.165, 1.54) is 0 Å². The molecule has 1 saturated heterocycles. The number of benzene rings is 1. The summed E-state index contributed by atoms with van der Waals surface area (Å²) in [5, 5.41) is 0. The minimum atomic E-state index is -0.466. The Bertz CT molecular complexity index is 394. The molecule has 0 spiro atoms. The Hall–Kier alpha value is -0.580. The highest BCUT2D eigenvalue weighted by Crippen LogP contribution is 2.49. The van der Waals surface area contributed by atoms with E-state index in [4.69, 9.17) is 4.74 Å². The van der Waals surface area contributed by atoms with Gasteiger partial charge in [-0.2, -0.15) is 0 Å². The van der Waals surface area contributed by atoms with Crippen LogP contribution in [0.15, 0.2) is 30.3 Å². The lowest BCUT2D eigenvalue weighted by atomic mass is 9.81. The standard InChI is InChI=1S/C13H15IO2/c1-12(2,14)13(9-8-11(15)16-13)10-6-4-3-5-7-10/h3-7H,8-9H2,1-2H3/t13-/m1/s1. The van der Waals surface area contributed by atoms with Crippen LogP contribution in [-0.4, -0.2) is 9.39 Å². The Morgan fingerprint density at radius 2 is 1.94 bits per heavy atom. The van der Waals surface area contributed by atoms with Crippen LogP contribution in [-0.2, 0) is 15.1 Å². The first-order valence-electron chi connectivity index (χ1n) is 5.42. The molecule has 16 heavy (non-hydrogen) atoms. The van der Waals surface area contributed by atoms with Crippen molar-refractivity contribution in [3.63, 3.8) is 0 Å². The average Bonchev–Trinajstić information content (AvgIpc) is 2.62. The van der Waals surface area contributed by atoms with Gasteiger partial charge in [0.25, 0.3) is 0 Å². The number of hydrogen-bond donors (Lipinski definition) is 0. The molecule has 0 radical (unpaired) electrons. The number of ether oxygens (including phenoxy) is 1. The van der Waals surface area contributed by atoms with Crippen LogP contribution >= 0.6 is 22.6 Å². The first kappa shape index (κ1) is 11.9. The maximum absolute atomic E-state index is 11.5. The molecule has 1 atom stereocenters. The molecule has 1 aliphatic heterocycles. The SMILES string of the molecule is CC(C)(I)[C@]1(c2ccccc2)CCC(=O)O1. The second-order valence-corrected chi connectivity index (χ2v) is 7.34. The van der Waals surface area contributed by atoms with Crippen LogP contribution in [0, 0.1) is 0 Å². The minimum absolute atomic E-state index is 0.0893. The van der Waals surface area contributed by atoms with E-state index in [1.807, 2.05) is 30.3 Å². The van der Waals surface area contributed by atoms with Gasteiger partial charge in [-0.25, -0.2) is 0 Å². The summed E-state index contributed by atoms with van der Waals surface area (Å²) >= 11 is 2.37. The summed E-state index contributed by atoms with van der Waals surface area (Å²) < 4.78 is 5.54. The number of hydrogen-bond acceptors (Lipinski definition) is 2. The van der Waals surface area contributed by atoms with Crippen LogP contribution in [0.25, 0.3) is 0 Å². The zero-order valence-electron chi connectivity index (χ0n) is 9.50. The first-order valence-corrected chi connectivity index (χ1v) is 6.50. The molecule has 0 amide bonds. The van der Waals surface area contributed by atoms with E-state index in [9.17, 15) is 4.79 Å². The molecule has 0 N–H and O–H groups in total. The maximum Gasteiger partial charge on any atom is 0.306 e. The zero-order chi connectivity index (χ0) is 11.8. The Balaban J connectivity index is 2.49. The third kappa shape index (κ3) is 1.85. The molecule has 0 bridgehead atoms. The number of esters is 1. The fourth-order valence-electron chi connectivity index (χ4n) is 2.25. The second-order valence-electron chi connectivity index (χ2n) is 4.64. The van der Waals surface area contributed by atoms with Crippen molar-refractivity contribution in [3.8, 4) is 0 Å². The fraction of sp³-hybridized carbons (Fsp3) is 0.462. The van der Waals surface area contributed by atoms with Crippen LogP contribution in [0.3, 0.4) is 0 Å². The molecule has 1 aliphatic rings. The van der Waals surface area contributed by atoms with Gasteiger partial charge in [-0.1, -0.05) is 52.9 Å². The smallest absolute Gasteiger partial charge is 0.306 e. The molecule has 0 aliphatic carbocycles. The van der Waals surface area contributed by atoms with E-state index in [1.54, 1.807) is 0 Å². The third-order valence-electron chi connectivity index (χ3n) is 3.17. The highest BCUT2D eigenvalue weighted by atomic mass is 127. The molecular weight excluding hydrogens is 315 g/mol. The third-order valence-corrected chi connectivity index (χ3v) is 4.04. The molecule has 3 heteroatoms. The molecule has 0 saturated carbocycles. The van der Waals surface area contributed by atoms with Gasteiger partial charge >= 0.3 is 5.97 Å². The van der Waals surface area contributed by atoms with Gasteiger partial charge in [0.15, 0.2) is 5.60 Å². The predicted molar refractivity (Wildman–Crippen MR) is 71.5 cm³/mol.